The second-order valence-electron chi connectivity index (χ2n) is 9.71. The van der Waals surface area contributed by atoms with Crippen molar-refractivity contribution in [2.45, 2.75) is 30.3 Å². The molecule has 39 heavy (non-hydrogen) atoms. The van der Waals surface area contributed by atoms with E-state index in [2.05, 4.69) is 5.32 Å². The predicted octanol–water partition coefficient (Wildman–Crippen LogP) is 3.56. The molecule has 2 aromatic rings. The van der Waals surface area contributed by atoms with E-state index in [9.17, 15) is 23.1 Å². The second-order valence-corrected chi connectivity index (χ2v) is 12.1. The van der Waals surface area contributed by atoms with E-state index in [0.29, 0.717) is 59.8 Å². The highest BCUT2D eigenvalue weighted by molar-refractivity contribution is 7.90. The third-order valence-corrected chi connectivity index (χ3v) is 8.27. The molecule has 1 amide bonds. The number of hydrogen-bond donors (Lipinski definition) is 2. The number of carbonyl (C=O) groups is 2. The zero-order chi connectivity index (χ0) is 27.7. The van der Waals surface area contributed by atoms with Crippen molar-refractivity contribution in [3.05, 3.63) is 58.3 Å². The zero-order valence-electron chi connectivity index (χ0n) is 22.0. The Labute approximate surface area is 239 Å². The Morgan fingerprint density at radius 1 is 1.26 bits per heavy atom. The topological polar surface area (TPSA) is 122 Å². The molecule has 1 saturated heterocycles. The van der Waals surface area contributed by atoms with E-state index in [-0.39, 0.29) is 47.6 Å². The number of piperidine rings is 1. The molecule has 12 heteroatoms. The van der Waals surface area contributed by atoms with Gasteiger partial charge < -0.3 is 19.9 Å². The first-order valence-corrected chi connectivity index (χ1v) is 14.5. The highest BCUT2D eigenvalue weighted by Gasteiger charge is 2.51. The van der Waals surface area contributed by atoms with Crippen LogP contribution in [-0.4, -0.2) is 82.1 Å². The number of ether oxygens (including phenoxy) is 2. The number of aliphatic hydroxyl groups is 1. The van der Waals surface area contributed by atoms with E-state index >= 15 is 0 Å². The summed E-state index contributed by atoms with van der Waals surface area (Å²) in [6.45, 7) is 3.52. The molecule has 2 aromatic carbocycles. The Morgan fingerprint density at radius 2 is 2.00 bits per heavy atom. The number of hydrogen-bond acceptors (Lipinski definition) is 8. The van der Waals surface area contributed by atoms with Crippen molar-refractivity contribution in [2.24, 2.45) is 0 Å². The quantitative estimate of drug-likeness (QED) is 0.349. The van der Waals surface area contributed by atoms with Gasteiger partial charge in [-0.2, -0.15) is 0 Å². The maximum Gasteiger partial charge on any atom is 0.343 e. The summed E-state index contributed by atoms with van der Waals surface area (Å²) in [5, 5.41) is 14.4. The Hall–Kier alpha value is -2.63. The number of benzene rings is 2. The van der Waals surface area contributed by atoms with Crippen LogP contribution in [-0.2, 0) is 28.9 Å². The second kappa shape index (κ2) is 12.3. The maximum atomic E-state index is 13.1. The standard InChI is InChI=1S/C27H31ClN2O7S.ClH/c1-17-12-21(18-6-4-7-19(13-18)38(3,34)35)22(28)14-20(17)24-25(32)27(37-26(24)33)8-5-10-30(16-27)15-23(31)29-9-11-36-2;/h4,6-7,12-14,32H,5,8-11,15-16H2,1-3H3,(H,29,31);1H. The fraction of sp³-hybridized carbons (Fsp3) is 0.407. The van der Waals surface area contributed by atoms with Crippen LogP contribution in [0.2, 0.25) is 5.02 Å². The van der Waals surface area contributed by atoms with Gasteiger partial charge >= 0.3 is 5.97 Å². The first-order chi connectivity index (χ1) is 17.9. The molecule has 2 aliphatic heterocycles. The smallest absolute Gasteiger partial charge is 0.343 e. The number of carbonyl (C=O) groups excluding carboxylic acids is 2. The van der Waals surface area contributed by atoms with Gasteiger partial charge in [-0.1, -0.05) is 23.7 Å². The lowest BCUT2D eigenvalue weighted by Crippen LogP contribution is -2.52. The Morgan fingerprint density at radius 3 is 2.69 bits per heavy atom. The van der Waals surface area contributed by atoms with E-state index in [4.69, 9.17) is 21.1 Å². The predicted molar refractivity (Wildman–Crippen MR) is 151 cm³/mol. The minimum atomic E-state index is -3.41. The number of aliphatic hydroxyl groups excluding tert-OH is 1. The number of aryl methyl sites for hydroxylation is 1. The van der Waals surface area contributed by atoms with E-state index in [1.807, 2.05) is 4.90 Å². The highest BCUT2D eigenvalue weighted by Crippen LogP contribution is 2.44. The number of halogens is 2. The van der Waals surface area contributed by atoms with Crippen molar-refractivity contribution >= 4 is 51.3 Å². The third-order valence-electron chi connectivity index (χ3n) is 6.85. The van der Waals surface area contributed by atoms with Gasteiger partial charge in [-0.3, -0.25) is 9.69 Å². The summed E-state index contributed by atoms with van der Waals surface area (Å²) in [6, 6.07) is 9.82. The molecule has 1 atom stereocenters. The van der Waals surface area contributed by atoms with Gasteiger partial charge in [0.2, 0.25) is 5.91 Å². The van der Waals surface area contributed by atoms with Gasteiger partial charge in [-0.15, -0.1) is 12.4 Å². The van der Waals surface area contributed by atoms with Gasteiger partial charge in [-0.25, -0.2) is 13.2 Å². The average Bonchev–Trinajstić information content (AvgIpc) is 3.08. The summed E-state index contributed by atoms with van der Waals surface area (Å²) in [5.41, 5.74) is 1.12. The van der Waals surface area contributed by atoms with Crippen LogP contribution in [0.15, 0.2) is 47.1 Å². The Balaban J connectivity index is 0.00000420. The SMILES string of the molecule is COCCNC(=O)CN1CCCC2(C1)OC(=O)C(c1cc(Cl)c(-c3cccc(S(C)(=O)=O)c3)cc1C)=C2O.Cl. The third kappa shape index (κ3) is 6.58. The molecule has 2 heterocycles. The number of methoxy groups -OCH3 is 1. The molecule has 2 N–H and O–H groups in total. The summed E-state index contributed by atoms with van der Waals surface area (Å²) < 4.78 is 34.7. The first kappa shape index (κ1) is 30.9. The molecule has 1 fully saturated rings. The van der Waals surface area contributed by atoms with Gasteiger partial charge in [0.25, 0.3) is 0 Å². The van der Waals surface area contributed by atoms with Crippen molar-refractivity contribution in [3.63, 3.8) is 0 Å². The van der Waals surface area contributed by atoms with Gasteiger partial charge in [0.05, 0.1) is 18.0 Å². The molecule has 1 spiro atoms. The van der Waals surface area contributed by atoms with Crippen LogP contribution in [0.5, 0.6) is 0 Å². The van der Waals surface area contributed by atoms with E-state index in [1.54, 1.807) is 44.4 Å². The molecule has 0 bridgehead atoms. The monoisotopic (exact) mass is 598 g/mol. The summed E-state index contributed by atoms with van der Waals surface area (Å²) in [4.78, 5) is 27.4. The molecular weight excluding hydrogens is 567 g/mol. The molecule has 212 valence electrons. The van der Waals surface area contributed by atoms with Crippen molar-refractivity contribution in [2.75, 3.05) is 46.2 Å². The fourth-order valence-corrected chi connectivity index (χ4v) is 5.92. The molecule has 4 rings (SSSR count). The fourth-order valence-electron chi connectivity index (χ4n) is 4.98. The van der Waals surface area contributed by atoms with Crippen molar-refractivity contribution < 1.29 is 32.6 Å². The maximum absolute atomic E-state index is 13.1. The summed E-state index contributed by atoms with van der Waals surface area (Å²) in [6.07, 6.45) is 2.20. The van der Waals surface area contributed by atoms with Gasteiger partial charge in [0.1, 0.15) is 5.57 Å². The number of sulfone groups is 1. The van der Waals surface area contributed by atoms with Gasteiger partial charge in [-0.05, 0) is 67.3 Å². The molecule has 0 saturated carbocycles. The molecule has 2 aliphatic rings. The van der Waals surface area contributed by atoms with Crippen LogP contribution in [0.3, 0.4) is 0 Å². The van der Waals surface area contributed by atoms with Crippen LogP contribution in [0, 0.1) is 6.92 Å². The Bertz CT molecular complexity index is 1410. The summed E-state index contributed by atoms with van der Waals surface area (Å²) >= 11 is 6.62. The average molecular weight is 600 g/mol. The van der Waals surface area contributed by atoms with Crippen molar-refractivity contribution in [3.8, 4) is 11.1 Å². The first-order valence-electron chi connectivity index (χ1n) is 12.2. The zero-order valence-corrected chi connectivity index (χ0v) is 24.3. The minimum absolute atomic E-state index is 0. The largest absolute Gasteiger partial charge is 0.507 e. The number of esters is 1. The number of nitrogens with zero attached hydrogens (tertiary/aromatic N) is 1. The summed E-state index contributed by atoms with van der Waals surface area (Å²) in [7, 11) is -1.85. The molecule has 0 aliphatic carbocycles. The Kier molecular flexibility index (Phi) is 9.72. The van der Waals surface area contributed by atoms with E-state index in [1.165, 1.54) is 6.07 Å². The molecule has 1 unspecified atom stereocenters. The molecular formula is C27H32Cl2N2O7S. The number of amides is 1. The van der Waals surface area contributed by atoms with Crippen LogP contribution in [0.1, 0.15) is 24.0 Å². The van der Waals surface area contributed by atoms with Crippen LogP contribution in [0.4, 0.5) is 0 Å². The normalized spacial score (nSPS) is 19.6. The number of likely N-dealkylation sites (tertiary alicyclic amines) is 1. The number of nitrogens with one attached hydrogen (secondary N) is 1. The van der Waals surface area contributed by atoms with E-state index < -0.39 is 21.4 Å². The molecule has 0 aromatic heterocycles. The van der Waals surface area contributed by atoms with Gasteiger partial charge in [0.15, 0.2) is 21.2 Å². The molecule has 9 nitrogen and oxygen atoms in total. The van der Waals surface area contributed by atoms with Crippen LogP contribution in [0.25, 0.3) is 16.7 Å². The minimum Gasteiger partial charge on any atom is -0.507 e. The van der Waals surface area contributed by atoms with Crippen LogP contribution < -0.4 is 5.32 Å². The lowest BCUT2D eigenvalue weighted by molar-refractivity contribution is -0.152. The van der Waals surface area contributed by atoms with Crippen LogP contribution >= 0.6 is 24.0 Å². The lowest BCUT2D eigenvalue weighted by Gasteiger charge is -2.38. The number of rotatable bonds is 8. The summed E-state index contributed by atoms with van der Waals surface area (Å²) in [5.74, 6) is -0.997. The van der Waals surface area contributed by atoms with Crippen molar-refractivity contribution in [1.29, 1.82) is 0 Å². The highest BCUT2D eigenvalue weighted by atomic mass is 35.5. The van der Waals surface area contributed by atoms with Gasteiger partial charge in [0, 0.05) is 37.0 Å². The molecule has 0 radical (unpaired) electrons. The van der Waals surface area contributed by atoms with Crippen molar-refractivity contribution in [1.82, 2.24) is 10.2 Å². The lowest BCUT2D eigenvalue weighted by atomic mass is 9.87. The van der Waals surface area contributed by atoms with E-state index in [0.717, 1.165) is 6.26 Å².